The maximum absolute atomic E-state index is 13.3. The van der Waals surface area contributed by atoms with Crippen molar-refractivity contribution < 1.29 is 9.59 Å². The summed E-state index contributed by atoms with van der Waals surface area (Å²) in [5.41, 5.74) is 2.12. The topological polar surface area (TPSA) is 76.0 Å². The highest BCUT2D eigenvalue weighted by Gasteiger charge is 2.31. The van der Waals surface area contributed by atoms with E-state index in [-0.39, 0.29) is 17.7 Å². The van der Waals surface area contributed by atoms with Gasteiger partial charge in [0.25, 0.3) is 0 Å². The Balaban J connectivity index is 1.66. The van der Waals surface area contributed by atoms with Crippen LogP contribution in [0.2, 0.25) is 5.02 Å². The molecule has 28 heavy (non-hydrogen) atoms. The van der Waals surface area contributed by atoms with E-state index in [4.69, 9.17) is 11.6 Å². The summed E-state index contributed by atoms with van der Waals surface area (Å²) < 4.78 is 1.56. The lowest BCUT2D eigenvalue weighted by atomic mass is 9.91. The normalized spacial score (nSPS) is 15.3. The van der Waals surface area contributed by atoms with E-state index in [2.05, 4.69) is 22.5 Å². The molecule has 0 radical (unpaired) electrons. The number of amides is 1. The number of halogens is 1. The van der Waals surface area contributed by atoms with Gasteiger partial charge in [-0.3, -0.25) is 9.36 Å². The summed E-state index contributed by atoms with van der Waals surface area (Å²) >= 11 is 6.08. The zero-order valence-corrected chi connectivity index (χ0v) is 16.3. The lowest BCUT2D eigenvalue weighted by Crippen LogP contribution is -2.28. The largest absolute Gasteiger partial charge is 0.369 e. The average Bonchev–Trinajstić information content (AvgIpc) is 3.31. The number of hydrogen-bond donors (Lipinski definition) is 2. The Bertz CT molecular complexity index is 1060. The number of rotatable bonds is 5. The minimum Gasteiger partial charge on any atom is -0.369 e. The van der Waals surface area contributed by atoms with E-state index < -0.39 is 0 Å². The number of hydrogen-bond acceptors (Lipinski definition) is 4. The lowest BCUT2D eigenvalue weighted by Gasteiger charge is -2.11. The van der Waals surface area contributed by atoms with Crippen molar-refractivity contribution in [3.8, 4) is 0 Å². The third-order valence-electron chi connectivity index (χ3n) is 5.07. The Morgan fingerprint density at radius 2 is 2.21 bits per heavy atom. The van der Waals surface area contributed by atoms with Crippen LogP contribution in [0.3, 0.4) is 0 Å². The van der Waals surface area contributed by atoms with E-state index >= 15 is 0 Å². The summed E-state index contributed by atoms with van der Waals surface area (Å²) in [7, 11) is 0. The molecule has 2 N–H and O–H groups in total. The molecule has 1 unspecified atom stereocenters. The highest BCUT2D eigenvalue weighted by atomic mass is 35.5. The highest BCUT2D eigenvalue weighted by molar-refractivity contribution is 6.30. The van der Waals surface area contributed by atoms with Crippen LogP contribution in [0.15, 0.2) is 42.7 Å². The molecule has 1 amide bonds. The van der Waals surface area contributed by atoms with Crippen LogP contribution in [-0.4, -0.2) is 34.5 Å². The molecule has 3 heterocycles. The van der Waals surface area contributed by atoms with Crippen LogP contribution in [0.1, 0.15) is 41.6 Å². The zero-order chi connectivity index (χ0) is 19.7. The summed E-state index contributed by atoms with van der Waals surface area (Å²) in [6.45, 7) is 3.19. The van der Waals surface area contributed by atoms with Gasteiger partial charge in [0.15, 0.2) is 5.78 Å². The molecule has 144 valence electrons. The Labute approximate surface area is 167 Å². The van der Waals surface area contributed by atoms with Gasteiger partial charge >= 0.3 is 6.03 Å². The van der Waals surface area contributed by atoms with Crippen molar-refractivity contribution in [1.29, 1.82) is 0 Å². The van der Waals surface area contributed by atoms with Gasteiger partial charge in [-0.1, -0.05) is 37.1 Å². The number of carbonyl (C=O) groups excluding carboxylic acids is 2. The van der Waals surface area contributed by atoms with E-state index in [0.29, 0.717) is 29.5 Å². The maximum atomic E-state index is 13.3. The minimum atomic E-state index is -0.353. The molecule has 0 saturated heterocycles. The molecule has 2 aromatic heterocycles. The molecule has 0 spiro atoms. The summed E-state index contributed by atoms with van der Waals surface area (Å²) in [6.07, 6.45) is 5.22. The first-order valence-corrected chi connectivity index (χ1v) is 9.79. The van der Waals surface area contributed by atoms with Crippen molar-refractivity contribution in [2.45, 2.75) is 25.7 Å². The van der Waals surface area contributed by atoms with Crippen LogP contribution in [0, 0.1) is 0 Å². The van der Waals surface area contributed by atoms with Gasteiger partial charge in [0.05, 0.1) is 16.5 Å². The third kappa shape index (κ3) is 3.24. The fourth-order valence-corrected chi connectivity index (χ4v) is 3.78. The number of pyridine rings is 1. The number of anilines is 1. The Hall–Kier alpha value is -2.86. The fraction of sp³-hybridized carbons (Fsp3) is 0.286. The molecular weight excluding hydrogens is 376 g/mol. The first-order chi connectivity index (χ1) is 13.6. The molecule has 7 heteroatoms. The number of unbranched alkanes of at least 4 members (excludes halogenated alkanes) is 1. The minimum absolute atomic E-state index is 0.00921. The summed E-state index contributed by atoms with van der Waals surface area (Å²) in [5.74, 6) is 0.335. The third-order valence-corrected chi connectivity index (χ3v) is 5.28. The van der Waals surface area contributed by atoms with Crippen LogP contribution in [-0.2, 0) is 0 Å². The van der Waals surface area contributed by atoms with Crippen LogP contribution in [0.25, 0.3) is 10.9 Å². The van der Waals surface area contributed by atoms with Gasteiger partial charge in [-0.05, 0) is 24.6 Å². The quantitative estimate of drug-likeness (QED) is 0.493. The molecule has 0 aliphatic carbocycles. The van der Waals surface area contributed by atoms with Crippen molar-refractivity contribution >= 4 is 40.1 Å². The van der Waals surface area contributed by atoms with Crippen molar-refractivity contribution in [1.82, 2.24) is 14.9 Å². The number of Topliss-reactive ketones (excluding diaryl/α,β-unsaturated/α-hetero) is 1. The smallest absolute Gasteiger partial charge is 0.326 e. The molecule has 1 aliphatic rings. The number of benzene rings is 1. The summed E-state index contributed by atoms with van der Waals surface area (Å²) in [4.78, 5) is 30.0. The number of fused-ring (bicyclic) bond motifs is 2. The summed E-state index contributed by atoms with van der Waals surface area (Å²) in [6, 6.07) is 8.90. The van der Waals surface area contributed by atoms with Gasteiger partial charge in [0.1, 0.15) is 5.82 Å². The molecule has 1 aliphatic heterocycles. The molecule has 0 saturated carbocycles. The standard InChI is InChI=1S/C21H21ClN4O2/c1-2-3-8-23-21(28)26-9-7-14-15(5-4-6-18(14)26)19(27)17-12-25-20-16(17)10-13(22)11-24-20/h4-7,9-11,17H,2-3,8,12H2,1H3,(H,23,28)(H,24,25). The van der Waals surface area contributed by atoms with Gasteiger partial charge in [-0.2, -0.15) is 0 Å². The second-order valence-corrected chi connectivity index (χ2v) is 7.34. The Morgan fingerprint density at radius 3 is 3.04 bits per heavy atom. The number of carbonyl (C=O) groups is 2. The molecule has 3 aromatic rings. The second-order valence-electron chi connectivity index (χ2n) is 6.90. The molecule has 0 fully saturated rings. The second kappa shape index (κ2) is 7.64. The molecule has 1 atom stereocenters. The SMILES string of the molecule is CCCCNC(=O)n1ccc2c(C(=O)C3CNc4ncc(Cl)cc43)cccc21. The average molecular weight is 397 g/mol. The number of nitrogens with zero attached hydrogens (tertiary/aromatic N) is 2. The molecule has 0 bridgehead atoms. The monoisotopic (exact) mass is 396 g/mol. The highest BCUT2D eigenvalue weighted by Crippen LogP contribution is 2.35. The summed E-state index contributed by atoms with van der Waals surface area (Å²) in [5, 5.41) is 7.35. The fourth-order valence-electron chi connectivity index (χ4n) is 3.62. The van der Waals surface area contributed by atoms with E-state index in [1.54, 1.807) is 29.1 Å². The Morgan fingerprint density at radius 1 is 1.36 bits per heavy atom. The maximum Gasteiger partial charge on any atom is 0.326 e. The zero-order valence-electron chi connectivity index (χ0n) is 15.5. The van der Waals surface area contributed by atoms with E-state index in [1.807, 2.05) is 18.2 Å². The Kier molecular flexibility index (Phi) is 5.05. The van der Waals surface area contributed by atoms with Crippen LogP contribution in [0.4, 0.5) is 10.6 Å². The van der Waals surface area contributed by atoms with Crippen LogP contribution in [0.5, 0.6) is 0 Å². The predicted molar refractivity (Wildman–Crippen MR) is 110 cm³/mol. The van der Waals surface area contributed by atoms with E-state index in [0.717, 1.165) is 29.3 Å². The number of ketones is 1. The molecule has 1 aromatic carbocycles. The first kappa shape index (κ1) is 18.5. The van der Waals surface area contributed by atoms with E-state index in [9.17, 15) is 9.59 Å². The van der Waals surface area contributed by atoms with Crippen molar-refractivity contribution in [2.75, 3.05) is 18.4 Å². The molecule has 6 nitrogen and oxygen atoms in total. The molecular formula is C21H21ClN4O2. The number of aromatic nitrogens is 2. The van der Waals surface area contributed by atoms with Crippen molar-refractivity contribution in [3.05, 3.63) is 58.9 Å². The van der Waals surface area contributed by atoms with Gasteiger partial charge in [-0.25, -0.2) is 9.78 Å². The van der Waals surface area contributed by atoms with Crippen molar-refractivity contribution in [2.24, 2.45) is 0 Å². The van der Waals surface area contributed by atoms with Gasteiger partial charge in [0.2, 0.25) is 0 Å². The lowest BCUT2D eigenvalue weighted by molar-refractivity contribution is 0.0968. The number of nitrogens with one attached hydrogen (secondary N) is 2. The molecule has 4 rings (SSSR count). The van der Waals surface area contributed by atoms with Crippen molar-refractivity contribution in [3.63, 3.8) is 0 Å². The van der Waals surface area contributed by atoms with Gasteiger partial charge in [-0.15, -0.1) is 0 Å². The van der Waals surface area contributed by atoms with Gasteiger partial charge in [0, 0.05) is 42.0 Å². The van der Waals surface area contributed by atoms with Crippen LogP contribution < -0.4 is 10.6 Å². The van der Waals surface area contributed by atoms with E-state index in [1.165, 1.54) is 0 Å². The first-order valence-electron chi connectivity index (χ1n) is 9.42. The van der Waals surface area contributed by atoms with Gasteiger partial charge < -0.3 is 10.6 Å². The predicted octanol–water partition coefficient (Wildman–Crippen LogP) is 4.44. The van der Waals surface area contributed by atoms with Crippen LogP contribution >= 0.6 is 11.6 Å².